The number of benzene rings is 3. The van der Waals surface area contributed by atoms with Gasteiger partial charge in [-0.05, 0) is 48.0 Å². The van der Waals surface area contributed by atoms with E-state index in [-0.39, 0.29) is 22.0 Å². The van der Waals surface area contributed by atoms with Crippen LogP contribution in [0.2, 0.25) is 5.02 Å². The number of nitrogens with zero attached hydrogens (tertiary/aromatic N) is 1. The van der Waals surface area contributed by atoms with Gasteiger partial charge in [-0.2, -0.15) is 0 Å². The number of carbonyl (C=O) groups excluding carboxylic acids is 2. The minimum absolute atomic E-state index is 0.0603. The Kier molecular flexibility index (Phi) is 5.83. The maximum Gasteiger partial charge on any atom is 0.282 e. The normalized spacial score (nSPS) is 13.6. The first-order valence-corrected chi connectivity index (χ1v) is 9.95. The highest BCUT2D eigenvalue weighted by molar-refractivity contribution is 6.46. The largest absolute Gasteiger partial charge is 0.497 e. The van der Waals surface area contributed by atoms with Crippen molar-refractivity contribution < 1.29 is 23.5 Å². The lowest BCUT2D eigenvalue weighted by Gasteiger charge is -2.16. The Morgan fingerprint density at radius 3 is 2.28 bits per heavy atom. The molecule has 8 heteroatoms. The third-order valence-corrected chi connectivity index (χ3v) is 5.28. The van der Waals surface area contributed by atoms with Crippen molar-refractivity contribution in [2.24, 2.45) is 0 Å². The predicted octanol–water partition coefficient (Wildman–Crippen LogP) is 4.89. The molecular weight excluding hydrogens is 435 g/mol. The zero-order valence-corrected chi connectivity index (χ0v) is 17.9. The maximum absolute atomic E-state index is 13.7. The molecule has 0 aromatic heterocycles. The van der Waals surface area contributed by atoms with Crippen molar-refractivity contribution in [2.75, 3.05) is 24.4 Å². The fraction of sp³-hybridized carbons (Fsp3) is 0.0833. The van der Waals surface area contributed by atoms with E-state index in [1.54, 1.807) is 48.5 Å². The summed E-state index contributed by atoms with van der Waals surface area (Å²) in [5, 5.41) is 2.85. The fourth-order valence-corrected chi connectivity index (χ4v) is 3.59. The van der Waals surface area contributed by atoms with Crippen molar-refractivity contribution in [1.29, 1.82) is 0 Å². The number of amides is 2. The minimum Gasteiger partial charge on any atom is -0.497 e. The van der Waals surface area contributed by atoms with Crippen LogP contribution in [0.5, 0.6) is 11.5 Å². The van der Waals surface area contributed by atoms with Gasteiger partial charge in [0, 0.05) is 0 Å². The molecule has 0 saturated heterocycles. The number of para-hydroxylation sites is 2. The molecule has 1 aliphatic heterocycles. The van der Waals surface area contributed by atoms with Crippen molar-refractivity contribution in [3.05, 3.63) is 88.8 Å². The topological polar surface area (TPSA) is 67.9 Å². The van der Waals surface area contributed by atoms with Gasteiger partial charge in [0.25, 0.3) is 11.8 Å². The molecular formula is C24H18ClFN2O4. The number of ether oxygens (including phenoxy) is 2. The molecule has 32 heavy (non-hydrogen) atoms. The lowest BCUT2D eigenvalue weighted by molar-refractivity contribution is -0.120. The van der Waals surface area contributed by atoms with Gasteiger partial charge < -0.3 is 14.8 Å². The van der Waals surface area contributed by atoms with Gasteiger partial charge in [0.05, 0.1) is 36.2 Å². The molecule has 4 rings (SSSR count). The van der Waals surface area contributed by atoms with Crippen LogP contribution in [0.15, 0.2) is 72.4 Å². The molecule has 162 valence electrons. The van der Waals surface area contributed by atoms with Gasteiger partial charge in [-0.3, -0.25) is 9.59 Å². The number of hydrogen-bond donors (Lipinski definition) is 1. The lowest BCUT2D eigenvalue weighted by Crippen LogP contribution is -2.32. The molecule has 1 heterocycles. The van der Waals surface area contributed by atoms with E-state index in [2.05, 4.69) is 5.32 Å². The Labute approximate surface area is 188 Å². The summed E-state index contributed by atoms with van der Waals surface area (Å²) in [6.45, 7) is 0. The van der Waals surface area contributed by atoms with Gasteiger partial charge in [-0.15, -0.1) is 0 Å². The predicted molar refractivity (Wildman–Crippen MR) is 120 cm³/mol. The number of imide groups is 1. The first kappa shape index (κ1) is 21.4. The summed E-state index contributed by atoms with van der Waals surface area (Å²) in [6.07, 6.45) is 0. The first-order chi connectivity index (χ1) is 15.4. The fourth-order valence-electron chi connectivity index (χ4n) is 3.41. The summed E-state index contributed by atoms with van der Waals surface area (Å²) < 4.78 is 24.2. The standard InChI is InChI=1S/C24H18ClFN2O4/c1-31-16-10-7-14(8-11-16)21-22(27-19-5-3-4-6-20(19)32-2)24(30)28(23(21)29)15-9-12-18(26)17(25)13-15/h3-13,27H,1-2H3. The van der Waals surface area contributed by atoms with Crippen LogP contribution < -0.4 is 19.7 Å². The van der Waals surface area contributed by atoms with Crippen LogP contribution in [0.4, 0.5) is 15.8 Å². The van der Waals surface area contributed by atoms with Crippen molar-refractivity contribution >= 4 is 40.4 Å². The molecule has 0 atom stereocenters. The quantitative estimate of drug-likeness (QED) is 0.539. The summed E-state index contributed by atoms with van der Waals surface area (Å²) >= 11 is 5.90. The molecule has 3 aromatic carbocycles. The molecule has 0 spiro atoms. The monoisotopic (exact) mass is 452 g/mol. The van der Waals surface area contributed by atoms with E-state index < -0.39 is 17.6 Å². The molecule has 2 amide bonds. The van der Waals surface area contributed by atoms with Gasteiger partial charge in [0.1, 0.15) is 23.0 Å². The molecule has 0 aliphatic carbocycles. The number of halogens is 2. The summed E-state index contributed by atoms with van der Waals surface area (Å²) in [5.41, 5.74) is 1.40. The summed E-state index contributed by atoms with van der Waals surface area (Å²) in [4.78, 5) is 27.8. The molecule has 1 aliphatic rings. The van der Waals surface area contributed by atoms with Crippen LogP contribution in [-0.2, 0) is 9.59 Å². The van der Waals surface area contributed by atoms with Crippen LogP contribution >= 0.6 is 11.6 Å². The number of rotatable bonds is 6. The molecule has 1 N–H and O–H groups in total. The van der Waals surface area contributed by atoms with Crippen molar-refractivity contribution in [3.8, 4) is 11.5 Å². The Morgan fingerprint density at radius 1 is 0.906 bits per heavy atom. The third kappa shape index (κ3) is 3.78. The molecule has 0 fully saturated rings. The van der Waals surface area contributed by atoms with Crippen molar-refractivity contribution in [3.63, 3.8) is 0 Å². The Balaban J connectivity index is 1.84. The summed E-state index contributed by atoms with van der Waals surface area (Å²) in [6, 6.07) is 17.5. The zero-order chi connectivity index (χ0) is 22.8. The van der Waals surface area contributed by atoms with Crippen molar-refractivity contribution in [1.82, 2.24) is 0 Å². The van der Waals surface area contributed by atoms with Crippen molar-refractivity contribution in [2.45, 2.75) is 0 Å². The molecule has 0 bridgehead atoms. The number of hydrogen-bond acceptors (Lipinski definition) is 5. The zero-order valence-electron chi connectivity index (χ0n) is 17.2. The highest BCUT2D eigenvalue weighted by Crippen LogP contribution is 2.36. The van der Waals surface area contributed by atoms with Crippen LogP contribution in [0, 0.1) is 5.82 Å². The smallest absolute Gasteiger partial charge is 0.282 e. The second kappa shape index (κ2) is 8.72. The Bertz CT molecular complexity index is 1240. The average Bonchev–Trinajstić information content (AvgIpc) is 3.05. The SMILES string of the molecule is COc1ccc(C2=C(Nc3ccccc3OC)C(=O)N(c3ccc(F)c(Cl)c3)C2=O)cc1. The van der Waals surface area contributed by atoms with E-state index in [9.17, 15) is 14.0 Å². The number of anilines is 2. The average molecular weight is 453 g/mol. The highest BCUT2D eigenvalue weighted by atomic mass is 35.5. The minimum atomic E-state index is -0.648. The van der Waals surface area contributed by atoms with Crippen LogP contribution in [0.3, 0.4) is 0 Å². The van der Waals surface area contributed by atoms with Crippen LogP contribution in [0.1, 0.15) is 5.56 Å². The molecule has 3 aromatic rings. The number of nitrogens with one attached hydrogen (secondary N) is 1. The van der Waals surface area contributed by atoms with E-state index in [1.807, 2.05) is 0 Å². The summed E-state index contributed by atoms with van der Waals surface area (Å²) in [5.74, 6) is -0.718. The number of methoxy groups -OCH3 is 2. The van der Waals surface area contributed by atoms with Crippen LogP contribution in [-0.4, -0.2) is 26.0 Å². The van der Waals surface area contributed by atoms with Gasteiger partial charge in [-0.25, -0.2) is 9.29 Å². The third-order valence-electron chi connectivity index (χ3n) is 4.99. The van der Waals surface area contributed by atoms with Gasteiger partial charge in [0.2, 0.25) is 0 Å². The Hall–Kier alpha value is -3.84. The Morgan fingerprint density at radius 2 is 1.62 bits per heavy atom. The molecule has 6 nitrogen and oxygen atoms in total. The highest BCUT2D eigenvalue weighted by Gasteiger charge is 2.40. The maximum atomic E-state index is 13.7. The lowest BCUT2D eigenvalue weighted by atomic mass is 10.0. The van der Waals surface area contributed by atoms with Gasteiger partial charge >= 0.3 is 0 Å². The summed E-state index contributed by atoms with van der Waals surface area (Å²) in [7, 11) is 3.04. The number of carbonyl (C=O) groups is 2. The van der Waals surface area contributed by atoms with E-state index in [0.29, 0.717) is 22.7 Å². The molecule has 0 saturated carbocycles. The van der Waals surface area contributed by atoms with E-state index in [1.165, 1.54) is 26.4 Å². The second-order valence-corrected chi connectivity index (χ2v) is 7.26. The van der Waals surface area contributed by atoms with E-state index in [0.717, 1.165) is 11.0 Å². The first-order valence-electron chi connectivity index (χ1n) is 9.57. The second-order valence-electron chi connectivity index (χ2n) is 6.85. The van der Waals surface area contributed by atoms with Gasteiger partial charge in [0.15, 0.2) is 0 Å². The van der Waals surface area contributed by atoms with Crippen LogP contribution in [0.25, 0.3) is 5.57 Å². The van der Waals surface area contributed by atoms with E-state index >= 15 is 0 Å². The van der Waals surface area contributed by atoms with E-state index in [4.69, 9.17) is 21.1 Å². The van der Waals surface area contributed by atoms with Gasteiger partial charge in [-0.1, -0.05) is 35.9 Å². The molecule has 0 radical (unpaired) electrons. The molecule has 0 unspecified atom stereocenters.